The van der Waals surface area contributed by atoms with Crippen LogP contribution in [-0.4, -0.2) is 22.6 Å². The number of nitrogens with zero attached hydrogens (tertiary/aromatic N) is 2. The molecular weight excluding hydrogens is 360 g/mol. The van der Waals surface area contributed by atoms with Crippen molar-refractivity contribution in [2.24, 2.45) is 0 Å². The molecular formula is C17H13BrN2O3. The van der Waals surface area contributed by atoms with Gasteiger partial charge in [-0.25, -0.2) is 9.78 Å². The number of carbonyl (C=O) groups excluding carboxylic acids is 1. The Morgan fingerprint density at radius 1 is 1.26 bits per heavy atom. The predicted molar refractivity (Wildman–Crippen MR) is 90.6 cm³/mol. The van der Waals surface area contributed by atoms with Crippen LogP contribution in [-0.2, 0) is 11.3 Å². The van der Waals surface area contributed by atoms with Gasteiger partial charge in [0.05, 0.1) is 24.7 Å². The van der Waals surface area contributed by atoms with Gasteiger partial charge in [0.1, 0.15) is 4.60 Å². The third-order valence-electron chi connectivity index (χ3n) is 3.46. The Balaban J connectivity index is 1.99. The van der Waals surface area contributed by atoms with E-state index in [9.17, 15) is 9.59 Å². The zero-order chi connectivity index (χ0) is 16.4. The number of hydrogen-bond acceptors (Lipinski definition) is 4. The molecule has 0 fully saturated rings. The van der Waals surface area contributed by atoms with E-state index in [2.05, 4.69) is 20.9 Å². The van der Waals surface area contributed by atoms with E-state index >= 15 is 0 Å². The first-order valence-electron chi connectivity index (χ1n) is 6.91. The number of carbonyl (C=O) groups is 1. The summed E-state index contributed by atoms with van der Waals surface area (Å²) in [7, 11) is 1.34. The number of halogens is 1. The molecule has 0 saturated carbocycles. The number of rotatable bonds is 3. The second-order valence-corrected chi connectivity index (χ2v) is 5.85. The van der Waals surface area contributed by atoms with Gasteiger partial charge in [0.2, 0.25) is 0 Å². The zero-order valence-electron chi connectivity index (χ0n) is 12.3. The van der Waals surface area contributed by atoms with Gasteiger partial charge in [-0.15, -0.1) is 0 Å². The van der Waals surface area contributed by atoms with Crippen molar-refractivity contribution in [3.05, 3.63) is 74.7 Å². The Morgan fingerprint density at radius 3 is 2.87 bits per heavy atom. The maximum absolute atomic E-state index is 12.2. The van der Waals surface area contributed by atoms with Crippen molar-refractivity contribution in [2.45, 2.75) is 6.54 Å². The average Bonchev–Trinajstić information content (AvgIpc) is 2.55. The van der Waals surface area contributed by atoms with Crippen LogP contribution in [0.15, 0.2) is 58.1 Å². The lowest BCUT2D eigenvalue weighted by Gasteiger charge is -2.08. The zero-order valence-corrected chi connectivity index (χ0v) is 13.9. The van der Waals surface area contributed by atoms with Crippen LogP contribution >= 0.6 is 15.9 Å². The minimum atomic E-state index is -0.400. The van der Waals surface area contributed by atoms with Crippen LogP contribution < -0.4 is 5.56 Å². The average molecular weight is 373 g/mol. The minimum absolute atomic E-state index is 0.120. The van der Waals surface area contributed by atoms with Crippen molar-refractivity contribution >= 4 is 32.8 Å². The van der Waals surface area contributed by atoms with Gasteiger partial charge >= 0.3 is 5.97 Å². The van der Waals surface area contributed by atoms with Gasteiger partial charge in [0.25, 0.3) is 5.56 Å². The Morgan fingerprint density at radius 2 is 2.09 bits per heavy atom. The van der Waals surface area contributed by atoms with E-state index in [1.54, 1.807) is 41.1 Å². The molecule has 0 aliphatic rings. The second kappa shape index (κ2) is 6.34. The highest BCUT2D eigenvalue weighted by Crippen LogP contribution is 2.14. The summed E-state index contributed by atoms with van der Waals surface area (Å²) in [6, 6.07) is 12.2. The number of methoxy groups -OCH3 is 1. The molecule has 0 N–H and O–H groups in total. The molecule has 116 valence electrons. The van der Waals surface area contributed by atoms with E-state index in [-0.39, 0.29) is 5.56 Å². The van der Waals surface area contributed by atoms with Crippen molar-refractivity contribution in [1.82, 2.24) is 9.55 Å². The highest BCUT2D eigenvalue weighted by atomic mass is 79.9. The van der Waals surface area contributed by atoms with Crippen LogP contribution in [0.1, 0.15) is 15.9 Å². The largest absolute Gasteiger partial charge is 0.465 e. The van der Waals surface area contributed by atoms with E-state index < -0.39 is 5.97 Å². The topological polar surface area (TPSA) is 61.2 Å². The van der Waals surface area contributed by atoms with E-state index in [1.165, 1.54) is 7.11 Å². The molecule has 0 aliphatic carbocycles. The van der Waals surface area contributed by atoms with Crippen LogP contribution in [0.25, 0.3) is 10.9 Å². The molecule has 0 radical (unpaired) electrons. The molecule has 2 aromatic heterocycles. The van der Waals surface area contributed by atoms with Crippen molar-refractivity contribution in [2.75, 3.05) is 7.11 Å². The summed E-state index contributed by atoms with van der Waals surface area (Å²) in [5.41, 5.74) is 1.90. The lowest BCUT2D eigenvalue weighted by molar-refractivity contribution is 0.0600. The van der Waals surface area contributed by atoms with E-state index in [0.717, 1.165) is 16.5 Å². The summed E-state index contributed by atoms with van der Waals surface area (Å²) in [6.45, 7) is 0.355. The SMILES string of the molecule is COC(=O)c1cccc(Cn2cc3nc(Br)ccc3cc2=O)c1. The molecule has 0 aliphatic heterocycles. The number of aromatic nitrogens is 2. The standard InChI is InChI=1S/C17H13BrN2O3/c1-23-17(22)13-4-2-3-11(7-13)9-20-10-14-12(8-16(20)21)5-6-15(18)19-14/h2-8,10H,9H2,1H3. The number of ether oxygens (including phenoxy) is 1. The monoisotopic (exact) mass is 372 g/mol. The number of pyridine rings is 2. The third kappa shape index (κ3) is 3.32. The minimum Gasteiger partial charge on any atom is -0.465 e. The van der Waals surface area contributed by atoms with Crippen LogP contribution in [0, 0.1) is 0 Å². The molecule has 0 spiro atoms. The predicted octanol–water partition coefficient (Wildman–Crippen LogP) is 2.99. The molecule has 0 saturated heterocycles. The van der Waals surface area contributed by atoms with Gasteiger partial charge in [-0.3, -0.25) is 4.79 Å². The van der Waals surface area contributed by atoms with Crippen molar-refractivity contribution in [3.63, 3.8) is 0 Å². The summed E-state index contributed by atoms with van der Waals surface area (Å²) in [5, 5.41) is 0.790. The van der Waals surface area contributed by atoms with Crippen LogP contribution in [0.2, 0.25) is 0 Å². The fraction of sp³-hybridized carbons (Fsp3) is 0.118. The van der Waals surface area contributed by atoms with Gasteiger partial charge in [-0.2, -0.15) is 0 Å². The maximum Gasteiger partial charge on any atom is 0.337 e. The Kier molecular flexibility index (Phi) is 4.25. The molecule has 1 aromatic carbocycles. The van der Waals surface area contributed by atoms with Gasteiger partial charge in [-0.1, -0.05) is 12.1 Å². The molecule has 5 nitrogen and oxygen atoms in total. The molecule has 6 heteroatoms. The highest BCUT2D eigenvalue weighted by molar-refractivity contribution is 9.10. The first-order valence-corrected chi connectivity index (χ1v) is 7.70. The summed E-state index contributed by atoms with van der Waals surface area (Å²) < 4.78 is 6.99. The fourth-order valence-electron chi connectivity index (χ4n) is 2.35. The molecule has 0 bridgehead atoms. The van der Waals surface area contributed by atoms with Gasteiger partial charge < -0.3 is 9.30 Å². The summed E-state index contributed by atoms with van der Waals surface area (Å²) >= 11 is 3.33. The number of hydrogen-bond donors (Lipinski definition) is 0. The maximum atomic E-state index is 12.2. The molecule has 3 aromatic rings. The summed E-state index contributed by atoms with van der Waals surface area (Å²) in [4.78, 5) is 28.2. The smallest absolute Gasteiger partial charge is 0.337 e. The molecule has 0 amide bonds. The summed E-state index contributed by atoms with van der Waals surface area (Å²) in [6.07, 6.45) is 1.72. The van der Waals surface area contributed by atoms with Crippen LogP contribution in [0.5, 0.6) is 0 Å². The molecule has 0 unspecified atom stereocenters. The van der Waals surface area contributed by atoms with Gasteiger partial charge in [0, 0.05) is 17.6 Å². The number of fused-ring (bicyclic) bond motifs is 1. The van der Waals surface area contributed by atoms with Crippen LogP contribution in [0.3, 0.4) is 0 Å². The molecule has 3 rings (SSSR count). The third-order valence-corrected chi connectivity index (χ3v) is 3.91. The second-order valence-electron chi connectivity index (χ2n) is 5.04. The molecule has 2 heterocycles. The van der Waals surface area contributed by atoms with Crippen LogP contribution in [0.4, 0.5) is 0 Å². The lowest BCUT2D eigenvalue weighted by atomic mass is 10.1. The van der Waals surface area contributed by atoms with Gasteiger partial charge in [0.15, 0.2) is 0 Å². The van der Waals surface area contributed by atoms with Crippen molar-refractivity contribution in [3.8, 4) is 0 Å². The Hall–Kier alpha value is -2.47. The quantitative estimate of drug-likeness (QED) is 0.523. The highest BCUT2D eigenvalue weighted by Gasteiger charge is 2.07. The fourth-order valence-corrected chi connectivity index (χ4v) is 2.67. The normalized spacial score (nSPS) is 10.7. The first-order chi connectivity index (χ1) is 11.1. The van der Waals surface area contributed by atoms with E-state index in [1.807, 2.05) is 12.1 Å². The van der Waals surface area contributed by atoms with Crippen molar-refractivity contribution < 1.29 is 9.53 Å². The van der Waals surface area contributed by atoms with E-state index in [0.29, 0.717) is 16.7 Å². The molecule has 0 atom stereocenters. The van der Waals surface area contributed by atoms with E-state index in [4.69, 9.17) is 4.74 Å². The summed E-state index contributed by atoms with van der Waals surface area (Å²) in [5.74, 6) is -0.400. The molecule has 23 heavy (non-hydrogen) atoms. The van der Waals surface area contributed by atoms with Crippen molar-refractivity contribution in [1.29, 1.82) is 0 Å². The number of esters is 1. The Labute approximate surface area is 140 Å². The first kappa shape index (κ1) is 15.4. The Bertz CT molecular complexity index is 950. The van der Waals surface area contributed by atoms with Gasteiger partial charge in [-0.05, 0) is 45.8 Å². The number of benzene rings is 1. The lowest BCUT2D eigenvalue weighted by Crippen LogP contribution is -2.19.